The summed E-state index contributed by atoms with van der Waals surface area (Å²) >= 11 is 6.22. The SMILES string of the molecule is Cc1cccc(C(=O)N2CCC(C)(/C(N)=N/O)CC2)c1Cl. The monoisotopic (exact) mass is 309 g/mol. The van der Waals surface area contributed by atoms with E-state index in [9.17, 15) is 4.79 Å². The van der Waals surface area contributed by atoms with Crippen molar-refractivity contribution in [3.05, 3.63) is 34.3 Å². The molecule has 0 radical (unpaired) electrons. The number of carbonyl (C=O) groups is 1. The van der Waals surface area contributed by atoms with Gasteiger partial charge >= 0.3 is 0 Å². The fourth-order valence-corrected chi connectivity index (χ4v) is 2.77. The first-order valence-corrected chi connectivity index (χ1v) is 7.29. The zero-order valence-corrected chi connectivity index (χ0v) is 13.0. The molecule has 0 spiro atoms. The zero-order chi connectivity index (χ0) is 15.6. The highest BCUT2D eigenvalue weighted by Gasteiger charge is 2.36. The van der Waals surface area contributed by atoms with Crippen molar-refractivity contribution in [1.29, 1.82) is 0 Å². The lowest BCUT2D eigenvalue weighted by Crippen LogP contribution is -2.47. The van der Waals surface area contributed by atoms with Crippen molar-refractivity contribution in [3.63, 3.8) is 0 Å². The van der Waals surface area contributed by atoms with Gasteiger partial charge in [-0.15, -0.1) is 0 Å². The Bertz CT molecular complexity index is 578. The summed E-state index contributed by atoms with van der Waals surface area (Å²) in [5.74, 6) is 0.161. The van der Waals surface area contributed by atoms with E-state index in [2.05, 4.69) is 5.16 Å². The van der Waals surface area contributed by atoms with Crippen LogP contribution >= 0.6 is 11.6 Å². The average molecular weight is 310 g/mol. The maximum atomic E-state index is 12.6. The Morgan fingerprint density at radius 2 is 2.05 bits per heavy atom. The number of nitrogens with zero attached hydrogens (tertiary/aromatic N) is 2. The third kappa shape index (κ3) is 2.97. The second-order valence-corrected chi connectivity index (χ2v) is 6.15. The number of benzene rings is 1. The van der Waals surface area contributed by atoms with Gasteiger partial charge in [0.2, 0.25) is 0 Å². The molecule has 1 aromatic rings. The molecule has 0 aliphatic carbocycles. The number of amides is 1. The molecule has 1 aliphatic rings. The molecule has 114 valence electrons. The van der Waals surface area contributed by atoms with Gasteiger partial charge in [-0.1, -0.05) is 35.8 Å². The van der Waals surface area contributed by atoms with Crippen LogP contribution in [0.15, 0.2) is 23.4 Å². The van der Waals surface area contributed by atoms with Crippen LogP contribution in [0.25, 0.3) is 0 Å². The summed E-state index contributed by atoms with van der Waals surface area (Å²) < 4.78 is 0. The summed E-state index contributed by atoms with van der Waals surface area (Å²) in [5.41, 5.74) is 6.80. The molecule has 3 N–H and O–H groups in total. The van der Waals surface area contributed by atoms with Gasteiger partial charge in [0.05, 0.1) is 10.6 Å². The van der Waals surface area contributed by atoms with E-state index in [0.29, 0.717) is 36.5 Å². The van der Waals surface area contributed by atoms with Crippen molar-refractivity contribution < 1.29 is 10.0 Å². The minimum atomic E-state index is -0.359. The van der Waals surface area contributed by atoms with Crippen LogP contribution in [0.3, 0.4) is 0 Å². The van der Waals surface area contributed by atoms with Crippen LogP contribution in [-0.4, -0.2) is 34.9 Å². The molecule has 1 fully saturated rings. The number of piperidine rings is 1. The van der Waals surface area contributed by atoms with E-state index in [0.717, 1.165) is 5.56 Å². The van der Waals surface area contributed by atoms with Crippen molar-refractivity contribution in [3.8, 4) is 0 Å². The number of carbonyl (C=O) groups excluding carboxylic acids is 1. The zero-order valence-electron chi connectivity index (χ0n) is 12.3. The maximum absolute atomic E-state index is 12.6. The lowest BCUT2D eigenvalue weighted by molar-refractivity contribution is 0.0666. The van der Waals surface area contributed by atoms with Crippen molar-refractivity contribution in [2.45, 2.75) is 26.7 Å². The van der Waals surface area contributed by atoms with Gasteiger partial charge in [-0.3, -0.25) is 4.79 Å². The molecule has 0 aromatic heterocycles. The highest BCUT2D eigenvalue weighted by Crippen LogP contribution is 2.32. The molecule has 1 aromatic carbocycles. The van der Waals surface area contributed by atoms with E-state index in [1.165, 1.54) is 0 Å². The van der Waals surface area contributed by atoms with Crippen molar-refractivity contribution in [2.24, 2.45) is 16.3 Å². The lowest BCUT2D eigenvalue weighted by atomic mass is 9.79. The molecule has 0 atom stereocenters. The van der Waals surface area contributed by atoms with Crippen LogP contribution in [-0.2, 0) is 0 Å². The van der Waals surface area contributed by atoms with Gasteiger partial charge in [0.25, 0.3) is 5.91 Å². The number of amidine groups is 1. The van der Waals surface area contributed by atoms with Gasteiger partial charge in [-0.05, 0) is 31.4 Å². The molecular formula is C15H20ClN3O2. The Hall–Kier alpha value is -1.75. The Morgan fingerprint density at radius 1 is 1.43 bits per heavy atom. The average Bonchev–Trinajstić information content (AvgIpc) is 2.49. The van der Waals surface area contributed by atoms with Crippen LogP contribution in [0.4, 0.5) is 0 Å². The molecule has 1 aliphatic heterocycles. The van der Waals surface area contributed by atoms with Gasteiger partial charge in [-0.25, -0.2) is 0 Å². The summed E-state index contributed by atoms with van der Waals surface area (Å²) in [6.45, 7) is 4.96. The number of hydrogen-bond acceptors (Lipinski definition) is 3. The van der Waals surface area contributed by atoms with Crippen LogP contribution in [0.1, 0.15) is 35.7 Å². The second kappa shape index (κ2) is 5.93. The molecule has 21 heavy (non-hydrogen) atoms. The fraction of sp³-hybridized carbons (Fsp3) is 0.467. The first-order chi connectivity index (χ1) is 9.89. The van der Waals surface area contributed by atoms with Crippen LogP contribution in [0, 0.1) is 12.3 Å². The summed E-state index contributed by atoms with van der Waals surface area (Å²) in [6, 6.07) is 5.46. The summed E-state index contributed by atoms with van der Waals surface area (Å²) in [5, 5.41) is 12.5. The molecule has 6 heteroatoms. The van der Waals surface area contributed by atoms with E-state index in [-0.39, 0.29) is 17.2 Å². The first kappa shape index (κ1) is 15.6. The number of oxime groups is 1. The van der Waals surface area contributed by atoms with E-state index >= 15 is 0 Å². The number of halogens is 1. The molecule has 5 nitrogen and oxygen atoms in total. The number of hydrogen-bond donors (Lipinski definition) is 2. The minimum Gasteiger partial charge on any atom is -0.409 e. The molecule has 0 saturated carbocycles. The van der Waals surface area contributed by atoms with Crippen LogP contribution < -0.4 is 5.73 Å². The quantitative estimate of drug-likeness (QED) is 0.381. The van der Waals surface area contributed by atoms with E-state index < -0.39 is 0 Å². The predicted octanol–water partition coefficient (Wildman–Crippen LogP) is 2.64. The van der Waals surface area contributed by atoms with Gasteiger partial charge in [-0.2, -0.15) is 0 Å². The van der Waals surface area contributed by atoms with Crippen LogP contribution in [0.5, 0.6) is 0 Å². The minimum absolute atomic E-state index is 0.0646. The number of rotatable bonds is 2. The standard InChI is InChI=1S/C15H20ClN3O2/c1-10-4-3-5-11(12(10)16)13(20)19-8-6-15(2,7-9-19)14(17)18-21/h3-5,21H,6-9H2,1-2H3,(H2,17,18). The van der Waals surface area contributed by atoms with Crippen molar-refractivity contribution in [2.75, 3.05) is 13.1 Å². The third-order valence-corrected chi connectivity index (χ3v) is 4.80. The van der Waals surface area contributed by atoms with E-state index in [1.54, 1.807) is 11.0 Å². The van der Waals surface area contributed by atoms with Crippen LogP contribution in [0.2, 0.25) is 5.02 Å². The molecular weight excluding hydrogens is 290 g/mol. The smallest absolute Gasteiger partial charge is 0.255 e. The fourth-order valence-electron chi connectivity index (χ4n) is 2.56. The maximum Gasteiger partial charge on any atom is 0.255 e. The van der Waals surface area contributed by atoms with Crippen molar-refractivity contribution >= 4 is 23.3 Å². The lowest BCUT2D eigenvalue weighted by Gasteiger charge is -2.38. The van der Waals surface area contributed by atoms with Gasteiger partial charge in [0.1, 0.15) is 5.84 Å². The summed E-state index contributed by atoms with van der Waals surface area (Å²) in [7, 11) is 0. The Balaban J connectivity index is 2.12. The van der Waals surface area contributed by atoms with E-state index in [4.69, 9.17) is 22.5 Å². The van der Waals surface area contributed by atoms with E-state index in [1.807, 2.05) is 26.0 Å². The Morgan fingerprint density at radius 3 is 2.62 bits per heavy atom. The first-order valence-electron chi connectivity index (χ1n) is 6.91. The van der Waals surface area contributed by atoms with Crippen molar-refractivity contribution in [1.82, 2.24) is 4.90 Å². The molecule has 1 heterocycles. The molecule has 2 rings (SSSR count). The summed E-state index contributed by atoms with van der Waals surface area (Å²) in [6.07, 6.45) is 1.33. The second-order valence-electron chi connectivity index (χ2n) is 5.77. The highest BCUT2D eigenvalue weighted by atomic mass is 35.5. The molecule has 1 saturated heterocycles. The molecule has 0 unspecified atom stereocenters. The molecule has 0 bridgehead atoms. The topological polar surface area (TPSA) is 78.9 Å². The van der Waals surface area contributed by atoms with Gasteiger partial charge in [0, 0.05) is 18.5 Å². The van der Waals surface area contributed by atoms with Gasteiger partial charge in [0.15, 0.2) is 0 Å². The summed E-state index contributed by atoms with van der Waals surface area (Å²) in [4.78, 5) is 14.3. The predicted molar refractivity (Wildman–Crippen MR) is 82.8 cm³/mol. The number of likely N-dealkylation sites (tertiary alicyclic amines) is 1. The Kier molecular flexibility index (Phi) is 4.42. The normalized spacial score (nSPS) is 18.6. The highest BCUT2D eigenvalue weighted by molar-refractivity contribution is 6.34. The van der Waals surface area contributed by atoms with Gasteiger partial charge < -0.3 is 15.8 Å². The largest absolute Gasteiger partial charge is 0.409 e. The molecule has 1 amide bonds. The number of aryl methyl sites for hydroxylation is 1. The number of nitrogens with two attached hydrogens (primary N) is 1. The Labute approximate surface area is 129 Å². The third-order valence-electron chi connectivity index (χ3n) is 4.30.